The number of ether oxygens (including phenoxy) is 1. The lowest BCUT2D eigenvalue weighted by atomic mass is 10.1. The molecule has 0 fully saturated rings. The zero-order valence-corrected chi connectivity index (χ0v) is 22.3. The van der Waals surface area contributed by atoms with Crippen molar-refractivity contribution in [3.8, 4) is 5.75 Å². The van der Waals surface area contributed by atoms with E-state index in [0.717, 1.165) is 11.3 Å². The van der Waals surface area contributed by atoms with E-state index in [2.05, 4.69) is 10.3 Å². The predicted octanol–water partition coefficient (Wildman–Crippen LogP) is 6.55. The van der Waals surface area contributed by atoms with Crippen LogP contribution in [0.2, 0.25) is 4.34 Å². The third-order valence-corrected chi connectivity index (χ3v) is 6.76. The van der Waals surface area contributed by atoms with E-state index >= 15 is 0 Å². The van der Waals surface area contributed by atoms with Crippen LogP contribution in [-0.4, -0.2) is 27.3 Å². The number of rotatable bonds is 9. The van der Waals surface area contributed by atoms with Gasteiger partial charge in [0.1, 0.15) is 15.9 Å². The fourth-order valence-electron chi connectivity index (χ4n) is 3.55. The van der Waals surface area contributed by atoms with E-state index in [1.165, 1.54) is 53.4 Å². The SMILES string of the molecule is CC(C)(Oc1ccc([N+](=O)[O-])cc1)C(=O)N(c1ccccc1)c1nc(CC(=O)Nc2ccc(F)cc2)c(Cl)s1. The Balaban J connectivity index is 1.59. The number of nitrogens with zero attached hydrogens (tertiary/aromatic N) is 3. The van der Waals surface area contributed by atoms with Gasteiger partial charge in [0.25, 0.3) is 11.6 Å². The van der Waals surface area contributed by atoms with Crippen LogP contribution >= 0.6 is 22.9 Å². The van der Waals surface area contributed by atoms with Gasteiger partial charge in [-0.05, 0) is 62.4 Å². The van der Waals surface area contributed by atoms with Crippen molar-refractivity contribution < 1.29 is 23.6 Å². The Labute approximate surface area is 232 Å². The summed E-state index contributed by atoms with van der Waals surface area (Å²) in [5.41, 5.74) is -0.357. The summed E-state index contributed by atoms with van der Waals surface area (Å²) in [6.07, 6.45) is -0.174. The maximum Gasteiger partial charge on any atom is 0.276 e. The second-order valence-corrected chi connectivity index (χ2v) is 10.4. The van der Waals surface area contributed by atoms with E-state index in [0.29, 0.717) is 11.4 Å². The van der Waals surface area contributed by atoms with Crippen molar-refractivity contribution in [3.63, 3.8) is 0 Å². The zero-order valence-electron chi connectivity index (χ0n) is 20.8. The number of para-hydroxylation sites is 1. The quantitative estimate of drug-likeness (QED) is 0.181. The number of carbonyl (C=O) groups excluding carboxylic acids is 2. The van der Waals surface area contributed by atoms with E-state index in [1.54, 1.807) is 44.2 Å². The minimum absolute atomic E-state index is 0.106. The second-order valence-electron chi connectivity index (χ2n) is 8.79. The van der Waals surface area contributed by atoms with Crippen molar-refractivity contribution in [2.75, 3.05) is 10.2 Å². The summed E-state index contributed by atoms with van der Waals surface area (Å²) in [4.78, 5) is 42.7. The summed E-state index contributed by atoms with van der Waals surface area (Å²) in [6, 6.07) is 19.5. The van der Waals surface area contributed by atoms with E-state index in [-0.39, 0.29) is 33.0 Å². The van der Waals surface area contributed by atoms with Crippen molar-refractivity contribution in [3.05, 3.63) is 105 Å². The Morgan fingerprint density at radius 1 is 1.08 bits per heavy atom. The zero-order chi connectivity index (χ0) is 28.2. The van der Waals surface area contributed by atoms with E-state index < -0.39 is 28.2 Å². The molecule has 1 aromatic heterocycles. The van der Waals surface area contributed by atoms with Gasteiger partial charge in [-0.25, -0.2) is 9.37 Å². The van der Waals surface area contributed by atoms with Gasteiger partial charge in [-0.1, -0.05) is 41.1 Å². The van der Waals surface area contributed by atoms with Gasteiger partial charge in [0.05, 0.1) is 22.7 Å². The topological polar surface area (TPSA) is 115 Å². The van der Waals surface area contributed by atoms with E-state index in [1.807, 2.05) is 0 Å². The Hall–Kier alpha value is -4.35. The first-order valence-electron chi connectivity index (χ1n) is 11.6. The first-order valence-corrected chi connectivity index (χ1v) is 12.8. The lowest BCUT2D eigenvalue weighted by Gasteiger charge is -2.31. The Kier molecular flexibility index (Phi) is 8.22. The van der Waals surface area contributed by atoms with Gasteiger partial charge in [-0.3, -0.25) is 24.6 Å². The molecule has 1 heterocycles. The number of non-ortho nitro benzene ring substituents is 1. The summed E-state index contributed by atoms with van der Waals surface area (Å²) >= 11 is 7.46. The lowest BCUT2D eigenvalue weighted by molar-refractivity contribution is -0.384. The number of hydrogen-bond acceptors (Lipinski definition) is 7. The van der Waals surface area contributed by atoms with E-state index in [4.69, 9.17) is 16.3 Å². The number of carbonyl (C=O) groups is 2. The standard InChI is InChI=1S/C27H22ClFN4O5S/c1-27(2,38-21-14-12-20(13-15-21)33(36)37)25(35)32(19-6-4-3-5-7-19)26-31-22(24(28)39-26)16-23(34)30-18-10-8-17(29)9-11-18/h3-15H,16H2,1-2H3,(H,30,34). The van der Waals surface area contributed by atoms with Crippen LogP contribution in [-0.2, 0) is 16.0 Å². The highest BCUT2D eigenvalue weighted by atomic mass is 35.5. The number of nitro groups is 1. The fraction of sp³-hybridized carbons (Fsp3) is 0.148. The molecule has 200 valence electrons. The minimum Gasteiger partial charge on any atom is -0.478 e. The van der Waals surface area contributed by atoms with Crippen LogP contribution in [0.1, 0.15) is 19.5 Å². The number of thiazole rings is 1. The fourth-order valence-corrected chi connectivity index (χ4v) is 4.70. The van der Waals surface area contributed by atoms with Crippen LogP contribution in [0.4, 0.5) is 26.6 Å². The second kappa shape index (κ2) is 11.6. The summed E-state index contributed by atoms with van der Waals surface area (Å²) in [6.45, 7) is 3.14. The van der Waals surface area contributed by atoms with Crippen molar-refractivity contribution in [1.82, 2.24) is 4.98 Å². The molecule has 9 nitrogen and oxygen atoms in total. The maximum absolute atomic E-state index is 13.9. The molecule has 0 bridgehead atoms. The highest BCUT2D eigenvalue weighted by Gasteiger charge is 2.38. The molecule has 0 saturated heterocycles. The van der Waals surface area contributed by atoms with Crippen LogP contribution in [0.25, 0.3) is 0 Å². The van der Waals surface area contributed by atoms with Crippen LogP contribution in [0.3, 0.4) is 0 Å². The Bertz CT molecular complexity index is 1500. The Morgan fingerprint density at radius 3 is 2.33 bits per heavy atom. The molecule has 12 heteroatoms. The van der Waals surface area contributed by atoms with Gasteiger partial charge in [0.15, 0.2) is 10.7 Å². The molecule has 0 radical (unpaired) electrons. The number of benzene rings is 3. The maximum atomic E-state index is 13.9. The molecular weight excluding hydrogens is 547 g/mol. The number of nitrogens with one attached hydrogen (secondary N) is 1. The summed E-state index contributed by atoms with van der Waals surface area (Å²) in [7, 11) is 0. The molecule has 0 aliphatic rings. The average Bonchev–Trinajstić information content (AvgIpc) is 3.25. The largest absolute Gasteiger partial charge is 0.478 e. The number of hydrogen-bond donors (Lipinski definition) is 1. The summed E-state index contributed by atoms with van der Waals surface area (Å²) in [5.74, 6) is -1.06. The van der Waals surface area contributed by atoms with Crippen LogP contribution in [0.15, 0.2) is 78.9 Å². The predicted molar refractivity (Wildman–Crippen MR) is 147 cm³/mol. The first-order chi connectivity index (χ1) is 18.5. The number of amides is 2. The minimum atomic E-state index is -1.43. The molecule has 2 amide bonds. The molecule has 3 aromatic carbocycles. The van der Waals surface area contributed by atoms with Gasteiger partial charge in [0.2, 0.25) is 5.91 Å². The molecule has 0 unspecified atom stereocenters. The monoisotopic (exact) mass is 568 g/mol. The van der Waals surface area contributed by atoms with Crippen LogP contribution in [0.5, 0.6) is 5.75 Å². The number of halogens is 2. The van der Waals surface area contributed by atoms with Crippen LogP contribution < -0.4 is 15.0 Å². The molecule has 0 aliphatic carbocycles. The van der Waals surface area contributed by atoms with E-state index in [9.17, 15) is 24.1 Å². The third-order valence-electron chi connectivity index (χ3n) is 5.44. The number of anilines is 3. The van der Waals surface area contributed by atoms with Gasteiger partial charge in [-0.2, -0.15) is 0 Å². The molecule has 0 spiro atoms. The summed E-state index contributed by atoms with van der Waals surface area (Å²) in [5, 5.41) is 13.8. The molecule has 1 N–H and O–H groups in total. The molecule has 4 rings (SSSR count). The lowest BCUT2D eigenvalue weighted by Crippen LogP contribution is -2.47. The number of aromatic nitrogens is 1. The smallest absolute Gasteiger partial charge is 0.276 e. The van der Waals surface area contributed by atoms with Crippen LogP contribution in [0, 0.1) is 15.9 Å². The molecule has 0 saturated carbocycles. The molecule has 4 aromatic rings. The highest BCUT2D eigenvalue weighted by molar-refractivity contribution is 7.19. The highest BCUT2D eigenvalue weighted by Crippen LogP contribution is 2.37. The van der Waals surface area contributed by atoms with Crippen molar-refractivity contribution in [2.45, 2.75) is 25.9 Å². The third kappa shape index (κ3) is 6.75. The van der Waals surface area contributed by atoms with Crippen molar-refractivity contribution in [2.24, 2.45) is 0 Å². The van der Waals surface area contributed by atoms with Gasteiger partial charge >= 0.3 is 0 Å². The summed E-state index contributed by atoms with van der Waals surface area (Å²) < 4.78 is 19.3. The van der Waals surface area contributed by atoms with Gasteiger partial charge < -0.3 is 10.1 Å². The average molecular weight is 569 g/mol. The molecule has 0 aliphatic heterocycles. The van der Waals surface area contributed by atoms with Gasteiger partial charge in [0, 0.05) is 17.8 Å². The van der Waals surface area contributed by atoms with Crippen molar-refractivity contribution >= 4 is 56.9 Å². The molecular formula is C27H22ClFN4O5S. The first kappa shape index (κ1) is 27.7. The van der Waals surface area contributed by atoms with Gasteiger partial charge in [-0.15, -0.1) is 0 Å². The molecule has 39 heavy (non-hydrogen) atoms. The number of nitro benzene ring substituents is 1. The Morgan fingerprint density at radius 2 is 1.72 bits per heavy atom. The van der Waals surface area contributed by atoms with Crippen molar-refractivity contribution in [1.29, 1.82) is 0 Å². The molecule has 0 atom stereocenters. The normalized spacial score (nSPS) is 11.1.